The highest BCUT2D eigenvalue weighted by atomic mass is 16.6. The number of unbranched alkanes of at least 4 members (excludes halogenated alkanes) is 21. The van der Waals surface area contributed by atoms with Crippen molar-refractivity contribution >= 4 is 17.9 Å². The van der Waals surface area contributed by atoms with E-state index in [0.717, 1.165) is 83.5 Å². The molecule has 0 aromatic heterocycles. The van der Waals surface area contributed by atoms with Crippen molar-refractivity contribution in [1.29, 1.82) is 0 Å². The monoisotopic (exact) mass is 877 g/mol. The number of hydrogen-bond donors (Lipinski definition) is 0. The Morgan fingerprint density at radius 1 is 0.317 bits per heavy atom. The number of carbonyl (C=O) groups excluding carboxylic acids is 3. The molecule has 0 unspecified atom stereocenters. The minimum absolute atomic E-state index is 0.111. The Balaban J connectivity index is 4.52. The molecule has 360 valence electrons. The van der Waals surface area contributed by atoms with E-state index in [0.29, 0.717) is 19.3 Å². The maximum Gasteiger partial charge on any atom is 0.306 e. The molecule has 6 nitrogen and oxygen atoms in total. The molecule has 0 aliphatic carbocycles. The summed E-state index contributed by atoms with van der Waals surface area (Å²) in [4.78, 5) is 38.0. The molecule has 0 N–H and O–H groups in total. The number of hydrogen-bond acceptors (Lipinski definition) is 6. The molecule has 0 bridgehead atoms. The van der Waals surface area contributed by atoms with E-state index in [-0.39, 0.29) is 31.1 Å². The van der Waals surface area contributed by atoms with Gasteiger partial charge in [-0.3, -0.25) is 14.4 Å². The van der Waals surface area contributed by atoms with Crippen LogP contribution in [0, 0.1) is 0 Å². The summed E-state index contributed by atoms with van der Waals surface area (Å²) in [5.41, 5.74) is 0. The van der Waals surface area contributed by atoms with Crippen LogP contribution < -0.4 is 0 Å². The van der Waals surface area contributed by atoms with Crippen molar-refractivity contribution in [3.05, 3.63) is 85.1 Å². The van der Waals surface area contributed by atoms with Gasteiger partial charge >= 0.3 is 17.9 Å². The minimum Gasteiger partial charge on any atom is -0.462 e. The summed E-state index contributed by atoms with van der Waals surface area (Å²) in [6.07, 6.45) is 65.6. The topological polar surface area (TPSA) is 78.9 Å². The Labute approximate surface area is 388 Å². The van der Waals surface area contributed by atoms with E-state index in [9.17, 15) is 14.4 Å². The van der Waals surface area contributed by atoms with E-state index in [1.165, 1.54) is 116 Å². The van der Waals surface area contributed by atoms with Gasteiger partial charge in [-0.15, -0.1) is 0 Å². The van der Waals surface area contributed by atoms with Crippen molar-refractivity contribution in [1.82, 2.24) is 0 Å². The molecule has 6 heteroatoms. The fourth-order valence-corrected chi connectivity index (χ4v) is 6.86. The number of rotatable bonds is 46. The summed E-state index contributed by atoms with van der Waals surface area (Å²) in [5.74, 6) is -0.989. The third kappa shape index (κ3) is 49.5. The van der Waals surface area contributed by atoms with Crippen molar-refractivity contribution in [3.8, 4) is 0 Å². The smallest absolute Gasteiger partial charge is 0.306 e. The average molecular weight is 877 g/mol. The van der Waals surface area contributed by atoms with E-state index in [1.807, 2.05) is 0 Å². The number of carbonyl (C=O) groups is 3. The molecule has 0 atom stereocenters. The maximum absolute atomic E-state index is 12.8. The molecule has 0 aliphatic rings. The predicted molar refractivity (Wildman–Crippen MR) is 270 cm³/mol. The van der Waals surface area contributed by atoms with Gasteiger partial charge in [0, 0.05) is 19.3 Å². The Kier molecular flexibility index (Phi) is 48.5. The fourth-order valence-electron chi connectivity index (χ4n) is 6.86. The number of ether oxygens (including phenoxy) is 3. The first-order chi connectivity index (χ1) is 31.0. The molecule has 0 spiro atoms. The van der Waals surface area contributed by atoms with Gasteiger partial charge in [-0.2, -0.15) is 0 Å². The fraction of sp³-hybridized carbons (Fsp3) is 0.702. The third-order valence-corrected chi connectivity index (χ3v) is 10.8. The Bertz CT molecular complexity index is 1170. The summed E-state index contributed by atoms with van der Waals surface area (Å²) >= 11 is 0. The van der Waals surface area contributed by atoms with Crippen molar-refractivity contribution < 1.29 is 28.6 Å². The zero-order valence-electron chi connectivity index (χ0n) is 41.1. The maximum atomic E-state index is 12.8. The van der Waals surface area contributed by atoms with Gasteiger partial charge in [-0.1, -0.05) is 183 Å². The van der Waals surface area contributed by atoms with Crippen LogP contribution in [0.3, 0.4) is 0 Å². The Morgan fingerprint density at radius 3 is 0.968 bits per heavy atom. The van der Waals surface area contributed by atoms with Crippen LogP contribution in [-0.2, 0) is 28.6 Å². The van der Waals surface area contributed by atoms with Crippen LogP contribution in [0.1, 0.15) is 239 Å². The van der Waals surface area contributed by atoms with Crippen molar-refractivity contribution in [2.24, 2.45) is 0 Å². The van der Waals surface area contributed by atoms with Gasteiger partial charge in [-0.25, -0.2) is 0 Å². The van der Waals surface area contributed by atoms with Crippen LogP contribution in [0.5, 0.6) is 0 Å². The van der Waals surface area contributed by atoms with Gasteiger partial charge in [0.1, 0.15) is 13.2 Å². The molecule has 0 amide bonds. The van der Waals surface area contributed by atoms with Gasteiger partial charge in [0.15, 0.2) is 6.10 Å². The summed E-state index contributed by atoms with van der Waals surface area (Å²) in [6, 6.07) is 0. The second-order valence-corrected chi connectivity index (χ2v) is 17.1. The van der Waals surface area contributed by atoms with Gasteiger partial charge in [-0.05, 0) is 122 Å². The molecule has 0 radical (unpaired) electrons. The van der Waals surface area contributed by atoms with E-state index >= 15 is 0 Å². The molecule has 0 aromatic rings. The van der Waals surface area contributed by atoms with Crippen LogP contribution >= 0.6 is 0 Å². The highest BCUT2D eigenvalue weighted by Gasteiger charge is 2.19. The summed E-state index contributed by atoms with van der Waals surface area (Å²) in [6.45, 7) is 6.49. The first kappa shape index (κ1) is 59.6. The molecule has 63 heavy (non-hydrogen) atoms. The lowest BCUT2D eigenvalue weighted by Crippen LogP contribution is -2.30. The Morgan fingerprint density at radius 2 is 0.571 bits per heavy atom. The van der Waals surface area contributed by atoms with Crippen LogP contribution in [0.2, 0.25) is 0 Å². The average Bonchev–Trinajstić information content (AvgIpc) is 3.28. The van der Waals surface area contributed by atoms with E-state index in [2.05, 4.69) is 106 Å². The molecule has 0 heterocycles. The minimum atomic E-state index is -0.809. The lowest BCUT2D eigenvalue weighted by Gasteiger charge is -2.18. The second-order valence-electron chi connectivity index (χ2n) is 17.1. The number of allylic oxidation sites excluding steroid dienone is 14. The second kappa shape index (κ2) is 51.2. The first-order valence-electron chi connectivity index (χ1n) is 26.1. The van der Waals surface area contributed by atoms with Gasteiger partial charge < -0.3 is 14.2 Å². The van der Waals surface area contributed by atoms with E-state index in [1.54, 1.807) is 0 Å². The van der Waals surface area contributed by atoms with E-state index < -0.39 is 6.10 Å². The molecule has 0 saturated heterocycles. The van der Waals surface area contributed by atoms with Crippen LogP contribution in [0.15, 0.2) is 85.1 Å². The molecule has 0 saturated carbocycles. The zero-order chi connectivity index (χ0) is 45.8. The van der Waals surface area contributed by atoms with Gasteiger partial charge in [0.2, 0.25) is 0 Å². The highest BCUT2D eigenvalue weighted by Crippen LogP contribution is 2.13. The lowest BCUT2D eigenvalue weighted by atomic mass is 10.1. The van der Waals surface area contributed by atoms with Crippen molar-refractivity contribution in [2.45, 2.75) is 245 Å². The summed E-state index contributed by atoms with van der Waals surface area (Å²) in [7, 11) is 0. The third-order valence-electron chi connectivity index (χ3n) is 10.8. The molecular formula is C57H96O6. The van der Waals surface area contributed by atoms with Crippen LogP contribution in [-0.4, -0.2) is 37.2 Å². The quantitative estimate of drug-likeness (QED) is 0.0262. The van der Waals surface area contributed by atoms with Gasteiger partial charge in [0.05, 0.1) is 0 Å². The molecule has 0 fully saturated rings. The molecular weight excluding hydrogens is 781 g/mol. The highest BCUT2D eigenvalue weighted by molar-refractivity contribution is 5.71. The largest absolute Gasteiger partial charge is 0.462 e. The normalized spacial score (nSPS) is 12.3. The molecule has 0 rings (SSSR count). The Hall–Kier alpha value is -3.41. The van der Waals surface area contributed by atoms with Crippen molar-refractivity contribution in [3.63, 3.8) is 0 Å². The number of esters is 3. The SMILES string of the molecule is CCCCC/C=C\C/C=C\C/C=C\CCCCC(=O)OCC(COC(=O)CCCC/C=C\C/C=C\C/C=C\CCCCC)OC(=O)CCCCCCCCC/C=C\CCCCCC. The predicted octanol–water partition coefficient (Wildman–Crippen LogP) is 17.2. The van der Waals surface area contributed by atoms with Crippen molar-refractivity contribution in [2.75, 3.05) is 13.2 Å². The molecule has 0 aromatic carbocycles. The standard InChI is InChI=1S/C57H96O6/c1-4-7-10-13-16-19-22-25-28-31-34-37-40-43-46-49-55(58)61-52-54(63-57(60)51-48-45-42-39-36-33-30-27-24-21-18-15-12-9-6-3)53-62-56(59)50-47-44-41-38-35-32-29-26-23-20-17-14-11-8-5-2/h16-17,19-21,24-26,28-29,34-35,37-38,54H,4-15,18,22-23,27,30-33,36,39-53H2,1-3H3/b19-16-,20-17-,24-21-,28-25-,29-26-,37-34-,38-35-. The molecule has 0 aliphatic heterocycles. The summed E-state index contributed by atoms with van der Waals surface area (Å²) in [5, 5.41) is 0. The van der Waals surface area contributed by atoms with Crippen LogP contribution in [0.25, 0.3) is 0 Å². The first-order valence-corrected chi connectivity index (χ1v) is 26.1. The summed E-state index contributed by atoms with van der Waals surface area (Å²) < 4.78 is 16.7. The zero-order valence-corrected chi connectivity index (χ0v) is 41.1. The van der Waals surface area contributed by atoms with E-state index in [4.69, 9.17) is 14.2 Å². The van der Waals surface area contributed by atoms with Gasteiger partial charge in [0.25, 0.3) is 0 Å². The lowest BCUT2D eigenvalue weighted by molar-refractivity contribution is -0.167. The van der Waals surface area contributed by atoms with Crippen LogP contribution in [0.4, 0.5) is 0 Å².